The predicted molar refractivity (Wildman–Crippen MR) is 113 cm³/mol. The summed E-state index contributed by atoms with van der Waals surface area (Å²) >= 11 is 0. The highest BCUT2D eigenvalue weighted by molar-refractivity contribution is 5.81. The van der Waals surface area contributed by atoms with Crippen LogP contribution in [-0.4, -0.2) is 55.5 Å². The molecule has 2 N–H and O–H groups in total. The molecular weight excluding hydrogens is 322 g/mol. The lowest BCUT2D eigenvalue weighted by Gasteiger charge is -2.30. The van der Waals surface area contributed by atoms with E-state index in [1.54, 1.807) is 0 Å². The summed E-state index contributed by atoms with van der Waals surface area (Å²) in [5.41, 5.74) is 8.96. The van der Waals surface area contributed by atoms with Crippen LogP contribution in [0, 0.1) is 0 Å². The van der Waals surface area contributed by atoms with Crippen LogP contribution >= 0.6 is 0 Å². The van der Waals surface area contributed by atoms with E-state index in [2.05, 4.69) is 31.4 Å². The van der Waals surface area contributed by atoms with E-state index in [1.807, 2.05) is 43.0 Å². The van der Waals surface area contributed by atoms with Gasteiger partial charge in [-0.15, -0.1) is 0 Å². The topological polar surface area (TPSA) is 49.6 Å². The van der Waals surface area contributed by atoms with Crippen LogP contribution in [0.15, 0.2) is 31.4 Å². The Balaban J connectivity index is 2.77. The average molecular weight is 358 g/mol. The van der Waals surface area contributed by atoms with Crippen LogP contribution in [0.1, 0.15) is 42.9 Å². The van der Waals surface area contributed by atoms with Crippen molar-refractivity contribution in [2.45, 2.75) is 38.6 Å². The summed E-state index contributed by atoms with van der Waals surface area (Å²) in [6, 6.07) is 6.22. The first-order chi connectivity index (χ1) is 12.5. The third-order valence-electron chi connectivity index (χ3n) is 4.79. The normalized spacial score (nSPS) is 12.0. The van der Waals surface area contributed by atoms with Crippen LogP contribution in [0.4, 0.5) is 0 Å². The van der Waals surface area contributed by atoms with E-state index in [1.165, 1.54) is 5.56 Å². The predicted octanol–water partition coefficient (Wildman–Crippen LogP) is 3.42. The number of benzene rings is 1. The van der Waals surface area contributed by atoms with Crippen molar-refractivity contribution in [3.8, 4) is 0 Å². The van der Waals surface area contributed by atoms with Crippen molar-refractivity contribution in [1.82, 2.24) is 9.80 Å². The molecule has 0 bridgehead atoms. The fraction of sp³-hybridized carbons (Fsp3) is 0.500. The molecule has 0 saturated carbocycles. The fourth-order valence-corrected chi connectivity index (χ4v) is 3.13. The summed E-state index contributed by atoms with van der Waals surface area (Å²) in [6.45, 7) is 11.9. The molecule has 144 valence electrons. The molecule has 0 radical (unpaired) electrons. The van der Waals surface area contributed by atoms with Gasteiger partial charge in [0.05, 0.1) is 6.04 Å². The second kappa shape index (κ2) is 11.7. The number of hydrogen-bond donors (Lipinski definition) is 1. The van der Waals surface area contributed by atoms with Crippen molar-refractivity contribution in [1.29, 1.82) is 0 Å². The molecule has 1 unspecified atom stereocenters. The number of likely N-dealkylation sites (N-methyl/N-ethyl adjacent to an activating group) is 2. The molecule has 26 heavy (non-hydrogen) atoms. The lowest BCUT2D eigenvalue weighted by molar-refractivity contribution is -0.136. The fourth-order valence-electron chi connectivity index (χ4n) is 3.13. The molecule has 1 rings (SSSR count). The Bertz CT molecular complexity index is 595. The van der Waals surface area contributed by atoms with Gasteiger partial charge in [-0.2, -0.15) is 0 Å². The Morgan fingerprint density at radius 1 is 1.19 bits per heavy atom. The molecule has 0 aliphatic rings. The summed E-state index contributed by atoms with van der Waals surface area (Å²) in [4.78, 5) is 17.0. The van der Waals surface area contributed by atoms with Gasteiger partial charge in [-0.3, -0.25) is 9.69 Å². The van der Waals surface area contributed by atoms with Crippen molar-refractivity contribution in [3.63, 3.8) is 0 Å². The molecule has 0 fully saturated rings. The first-order valence-corrected chi connectivity index (χ1v) is 9.51. The highest BCUT2D eigenvalue weighted by Gasteiger charge is 2.24. The molecule has 4 nitrogen and oxygen atoms in total. The Morgan fingerprint density at radius 3 is 2.42 bits per heavy atom. The smallest absolute Gasteiger partial charge is 0.239 e. The summed E-state index contributed by atoms with van der Waals surface area (Å²) in [5.74, 6) is 0.209. The SMILES string of the molecule is C=Cc1ccc(CCN(CC)C(=O)C(CCCCN)N(C)C)cc1C=C. The second-order valence-corrected chi connectivity index (χ2v) is 6.80. The van der Waals surface area contributed by atoms with Gasteiger partial charge in [-0.25, -0.2) is 0 Å². The van der Waals surface area contributed by atoms with Gasteiger partial charge in [0.15, 0.2) is 0 Å². The minimum Gasteiger partial charge on any atom is -0.341 e. The zero-order chi connectivity index (χ0) is 19.5. The molecule has 0 saturated heterocycles. The van der Waals surface area contributed by atoms with E-state index in [0.29, 0.717) is 6.54 Å². The second-order valence-electron chi connectivity index (χ2n) is 6.80. The van der Waals surface area contributed by atoms with Crippen LogP contribution in [0.3, 0.4) is 0 Å². The maximum Gasteiger partial charge on any atom is 0.239 e. The molecule has 0 aromatic heterocycles. The molecule has 0 aliphatic carbocycles. The average Bonchev–Trinajstić information content (AvgIpc) is 2.64. The number of carbonyl (C=O) groups excluding carboxylic acids is 1. The monoisotopic (exact) mass is 357 g/mol. The number of nitrogens with zero attached hydrogens (tertiary/aromatic N) is 2. The molecule has 1 amide bonds. The zero-order valence-electron chi connectivity index (χ0n) is 16.7. The van der Waals surface area contributed by atoms with Gasteiger partial charge in [0, 0.05) is 13.1 Å². The first kappa shape index (κ1) is 22.1. The van der Waals surface area contributed by atoms with Crippen LogP contribution in [0.5, 0.6) is 0 Å². The molecule has 1 aromatic rings. The van der Waals surface area contributed by atoms with Crippen molar-refractivity contribution < 1.29 is 4.79 Å². The summed E-state index contributed by atoms with van der Waals surface area (Å²) in [5, 5.41) is 0. The van der Waals surface area contributed by atoms with E-state index in [4.69, 9.17) is 5.73 Å². The minimum absolute atomic E-state index is 0.0756. The number of hydrogen-bond acceptors (Lipinski definition) is 3. The maximum absolute atomic E-state index is 13.0. The summed E-state index contributed by atoms with van der Waals surface area (Å²) in [6.07, 6.45) is 7.32. The van der Waals surface area contributed by atoms with Crippen molar-refractivity contribution in [2.24, 2.45) is 5.73 Å². The van der Waals surface area contributed by atoms with Gasteiger partial charge in [-0.05, 0) is 63.5 Å². The molecule has 0 heterocycles. The first-order valence-electron chi connectivity index (χ1n) is 9.51. The highest BCUT2D eigenvalue weighted by atomic mass is 16.2. The number of amides is 1. The molecule has 0 aliphatic heterocycles. The largest absolute Gasteiger partial charge is 0.341 e. The van der Waals surface area contributed by atoms with Gasteiger partial charge in [0.1, 0.15) is 0 Å². The minimum atomic E-state index is -0.0756. The van der Waals surface area contributed by atoms with Gasteiger partial charge in [0.25, 0.3) is 0 Å². The van der Waals surface area contributed by atoms with Crippen LogP contribution in [-0.2, 0) is 11.2 Å². The van der Waals surface area contributed by atoms with E-state index < -0.39 is 0 Å². The number of unbranched alkanes of at least 4 members (excludes halogenated alkanes) is 1. The van der Waals surface area contributed by atoms with Crippen LogP contribution in [0.25, 0.3) is 12.2 Å². The highest BCUT2D eigenvalue weighted by Crippen LogP contribution is 2.16. The molecule has 1 aromatic carbocycles. The lowest BCUT2D eigenvalue weighted by atomic mass is 10.0. The quantitative estimate of drug-likeness (QED) is 0.583. The lowest BCUT2D eigenvalue weighted by Crippen LogP contribution is -2.46. The Kier molecular flexibility index (Phi) is 9.92. The summed E-state index contributed by atoms with van der Waals surface area (Å²) < 4.78 is 0. The van der Waals surface area contributed by atoms with E-state index >= 15 is 0 Å². The molecule has 0 spiro atoms. The Morgan fingerprint density at radius 2 is 1.88 bits per heavy atom. The number of carbonyl (C=O) groups is 1. The van der Waals surface area contributed by atoms with Crippen LogP contribution in [0.2, 0.25) is 0 Å². The summed E-state index contributed by atoms with van der Waals surface area (Å²) in [7, 11) is 3.95. The van der Waals surface area contributed by atoms with Gasteiger partial charge >= 0.3 is 0 Å². The van der Waals surface area contributed by atoms with E-state index in [9.17, 15) is 4.79 Å². The van der Waals surface area contributed by atoms with Crippen molar-refractivity contribution >= 4 is 18.1 Å². The van der Waals surface area contributed by atoms with Gasteiger partial charge in [0.2, 0.25) is 5.91 Å². The maximum atomic E-state index is 13.0. The third kappa shape index (κ3) is 6.43. The standard InChI is InChI=1S/C22H35N3O/c1-6-19-13-12-18(17-20(19)7-2)14-16-25(8-3)22(26)21(24(4)5)11-9-10-15-23/h6-7,12-13,17,21H,1-2,8-11,14-16,23H2,3-5H3. The van der Waals surface area contributed by atoms with Crippen molar-refractivity contribution in [3.05, 3.63) is 48.0 Å². The zero-order valence-corrected chi connectivity index (χ0v) is 16.7. The number of nitrogens with two attached hydrogens (primary N) is 1. The van der Waals surface area contributed by atoms with Crippen LogP contribution < -0.4 is 5.73 Å². The Hall–Kier alpha value is -1.91. The van der Waals surface area contributed by atoms with E-state index in [0.717, 1.165) is 49.9 Å². The van der Waals surface area contributed by atoms with Gasteiger partial charge in [-0.1, -0.05) is 49.9 Å². The molecular formula is C22H35N3O. The van der Waals surface area contributed by atoms with Gasteiger partial charge < -0.3 is 10.6 Å². The van der Waals surface area contributed by atoms with Crippen molar-refractivity contribution in [2.75, 3.05) is 33.7 Å². The molecule has 1 atom stereocenters. The number of rotatable bonds is 12. The Labute approximate surface area is 159 Å². The molecule has 4 heteroatoms. The third-order valence-corrected chi connectivity index (χ3v) is 4.79. The van der Waals surface area contributed by atoms with E-state index in [-0.39, 0.29) is 11.9 Å².